The maximum Gasteiger partial charge on any atom is 0.269 e. The van der Waals surface area contributed by atoms with Crippen LogP contribution in [-0.2, 0) is 6.54 Å². The van der Waals surface area contributed by atoms with E-state index in [0.717, 1.165) is 24.2 Å². The summed E-state index contributed by atoms with van der Waals surface area (Å²) in [7, 11) is 0. The number of hydrogen-bond donors (Lipinski definition) is 1. The van der Waals surface area contributed by atoms with Crippen LogP contribution in [-0.4, -0.2) is 21.2 Å². The third-order valence-corrected chi connectivity index (χ3v) is 2.76. The van der Waals surface area contributed by atoms with Crippen LogP contribution in [0.15, 0.2) is 36.7 Å². The fourth-order valence-electron chi connectivity index (χ4n) is 1.83. The second-order valence-corrected chi connectivity index (χ2v) is 4.23. The number of anilines is 1. The molecule has 0 amide bonds. The van der Waals surface area contributed by atoms with Crippen molar-refractivity contribution in [1.82, 2.24) is 9.78 Å². The van der Waals surface area contributed by atoms with Crippen LogP contribution in [0.3, 0.4) is 0 Å². The molecule has 0 saturated heterocycles. The minimum absolute atomic E-state index is 0.101. The highest BCUT2D eigenvalue weighted by Gasteiger charge is 2.11. The highest BCUT2D eigenvalue weighted by atomic mass is 16.6. The monoisotopic (exact) mass is 260 g/mol. The Balaban J connectivity index is 2.29. The summed E-state index contributed by atoms with van der Waals surface area (Å²) >= 11 is 0. The Hall–Kier alpha value is -2.37. The van der Waals surface area contributed by atoms with E-state index in [1.54, 1.807) is 23.0 Å². The van der Waals surface area contributed by atoms with Crippen LogP contribution >= 0.6 is 0 Å². The molecule has 1 aromatic carbocycles. The van der Waals surface area contributed by atoms with Crippen molar-refractivity contribution in [3.8, 4) is 0 Å². The highest BCUT2D eigenvalue weighted by Crippen LogP contribution is 2.23. The van der Waals surface area contributed by atoms with Crippen molar-refractivity contribution >= 4 is 11.4 Å². The van der Waals surface area contributed by atoms with Crippen LogP contribution in [0.4, 0.5) is 11.4 Å². The summed E-state index contributed by atoms with van der Waals surface area (Å²) in [6, 6.07) is 6.70. The molecule has 19 heavy (non-hydrogen) atoms. The van der Waals surface area contributed by atoms with Crippen LogP contribution in [0.1, 0.15) is 18.9 Å². The number of nitrogens with one attached hydrogen (secondary N) is 1. The summed E-state index contributed by atoms with van der Waals surface area (Å²) in [5.41, 5.74) is 1.89. The van der Waals surface area contributed by atoms with E-state index >= 15 is 0 Å². The first-order valence-corrected chi connectivity index (χ1v) is 6.19. The summed E-state index contributed by atoms with van der Waals surface area (Å²) in [5, 5.41) is 18.2. The molecule has 0 bridgehead atoms. The van der Waals surface area contributed by atoms with E-state index in [4.69, 9.17) is 0 Å². The Kier molecular flexibility index (Phi) is 4.12. The van der Waals surface area contributed by atoms with E-state index in [1.165, 1.54) is 6.07 Å². The number of rotatable bonds is 6. The van der Waals surface area contributed by atoms with Crippen LogP contribution < -0.4 is 5.32 Å². The molecule has 100 valence electrons. The van der Waals surface area contributed by atoms with Crippen molar-refractivity contribution < 1.29 is 4.92 Å². The Morgan fingerprint density at radius 2 is 2.32 bits per heavy atom. The van der Waals surface area contributed by atoms with E-state index in [1.807, 2.05) is 12.3 Å². The number of nitro groups is 1. The minimum atomic E-state index is -0.379. The molecule has 0 aliphatic rings. The number of aromatic nitrogens is 2. The second kappa shape index (κ2) is 5.99. The molecular weight excluding hydrogens is 244 g/mol. The zero-order valence-corrected chi connectivity index (χ0v) is 10.7. The van der Waals surface area contributed by atoms with Crippen LogP contribution in [0.2, 0.25) is 0 Å². The van der Waals surface area contributed by atoms with Crippen molar-refractivity contribution in [3.05, 3.63) is 52.3 Å². The maximum atomic E-state index is 10.8. The van der Waals surface area contributed by atoms with Gasteiger partial charge >= 0.3 is 0 Å². The molecule has 0 spiro atoms. The van der Waals surface area contributed by atoms with Gasteiger partial charge in [0.15, 0.2) is 0 Å². The van der Waals surface area contributed by atoms with Gasteiger partial charge in [-0.05, 0) is 18.6 Å². The van der Waals surface area contributed by atoms with Gasteiger partial charge in [0.25, 0.3) is 5.69 Å². The lowest BCUT2D eigenvalue weighted by Crippen LogP contribution is -2.07. The van der Waals surface area contributed by atoms with Crippen LogP contribution in [0, 0.1) is 10.1 Å². The summed E-state index contributed by atoms with van der Waals surface area (Å²) in [4.78, 5) is 10.5. The van der Waals surface area contributed by atoms with Gasteiger partial charge in [0.2, 0.25) is 0 Å². The first-order valence-electron chi connectivity index (χ1n) is 6.19. The molecule has 0 saturated carbocycles. The van der Waals surface area contributed by atoms with Crippen molar-refractivity contribution in [1.29, 1.82) is 0 Å². The van der Waals surface area contributed by atoms with Gasteiger partial charge in [0, 0.05) is 42.3 Å². The van der Waals surface area contributed by atoms with Crippen molar-refractivity contribution in [2.24, 2.45) is 0 Å². The number of benzene rings is 1. The molecule has 1 heterocycles. The quantitative estimate of drug-likeness (QED) is 0.640. The highest BCUT2D eigenvalue weighted by molar-refractivity contribution is 5.56. The van der Waals surface area contributed by atoms with Crippen LogP contribution in [0.5, 0.6) is 0 Å². The molecule has 0 aliphatic carbocycles. The lowest BCUT2D eigenvalue weighted by atomic mass is 10.1. The molecule has 1 N–H and O–H groups in total. The summed E-state index contributed by atoms with van der Waals surface area (Å²) in [5.74, 6) is 0. The predicted octanol–water partition coefficient (Wildman–Crippen LogP) is 2.66. The molecule has 2 aromatic rings. The first-order chi connectivity index (χ1) is 9.20. The van der Waals surface area contributed by atoms with Gasteiger partial charge in [0.1, 0.15) is 0 Å². The van der Waals surface area contributed by atoms with Gasteiger partial charge in [-0.2, -0.15) is 5.10 Å². The molecule has 0 radical (unpaired) electrons. The topological polar surface area (TPSA) is 73.0 Å². The smallest absolute Gasteiger partial charge is 0.269 e. The fourth-order valence-corrected chi connectivity index (χ4v) is 1.83. The van der Waals surface area contributed by atoms with Crippen molar-refractivity contribution in [3.63, 3.8) is 0 Å². The average Bonchev–Trinajstić information content (AvgIpc) is 2.90. The Morgan fingerprint density at radius 3 is 2.95 bits per heavy atom. The lowest BCUT2D eigenvalue weighted by molar-refractivity contribution is -0.384. The number of non-ortho nitro benzene ring substituents is 1. The number of nitro benzene ring substituents is 1. The Bertz CT molecular complexity index is 552. The third-order valence-electron chi connectivity index (χ3n) is 2.76. The van der Waals surface area contributed by atoms with Gasteiger partial charge in [-0.1, -0.05) is 6.92 Å². The van der Waals surface area contributed by atoms with E-state index in [2.05, 4.69) is 17.3 Å². The van der Waals surface area contributed by atoms with Gasteiger partial charge in [-0.25, -0.2) is 0 Å². The fraction of sp³-hybridized carbons (Fsp3) is 0.308. The van der Waals surface area contributed by atoms with E-state index in [9.17, 15) is 10.1 Å². The molecule has 0 fully saturated rings. The largest absolute Gasteiger partial charge is 0.385 e. The van der Waals surface area contributed by atoms with Gasteiger partial charge in [-0.15, -0.1) is 0 Å². The van der Waals surface area contributed by atoms with E-state index in [-0.39, 0.29) is 10.6 Å². The molecule has 6 nitrogen and oxygen atoms in total. The SMILES string of the molecule is CCCNc1ccc([N+](=O)[O-])cc1Cn1cccn1. The van der Waals surface area contributed by atoms with E-state index in [0.29, 0.717) is 6.54 Å². The van der Waals surface area contributed by atoms with Gasteiger partial charge in [-0.3, -0.25) is 14.8 Å². The van der Waals surface area contributed by atoms with Gasteiger partial charge < -0.3 is 5.32 Å². The molecule has 1 aromatic heterocycles. The van der Waals surface area contributed by atoms with Crippen molar-refractivity contribution in [2.45, 2.75) is 19.9 Å². The summed E-state index contributed by atoms with van der Waals surface area (Å²) in [6.45, 7) is 3.43. The minimum Gasteiger partial charge on any atom is -0.385 e. The third kappa shape index (κ3) is 3.31. The first kappa shape index (κ1) is 13.1. The average molecular weight is 260 g/mol. The molecule has 6 heteroatoms. The van der Waals surface area contributed by atoms with Gasteiger partial charge in [0.05, 0.1) is 11.5 Å². The standard InChI is InChI=1S/C13H16N4O2/c1-2-6-14-13-5-4-12(17(18)19)9-11(13)10-16-8-3-7-15-16/h3-5,7-9,14H,2,6,10H2,1H3. The normalized spacial score (nSPS) is 10.4. The summed E-state index contributed by atoms with van der Waals surface area (Å²) in [6.07, 6.45) is 4.52. The molecule has 0 aliphatic heterocycles. The molecule has 0 atom stereocenters. The number of nitrogens with zero attached hydrogens (tertiary/aromatic N) is 3. The molecular formula is C13H16N4O2. The Labute approximate surface area is 111 Å². The Morgan fingerprint density at radius 1 is 1.47 bits per heavy atom. The van der Waals surface area contributed by atoms with E-state index < -0.39 is 0 Å². The second-order valence-electron chi connectivity index (χ2n) is 4.23. The van der Waals surface area contributed by atoms with Crippen molar-refractivity contribution in [2.75, 3.05) is 11.9 Å². The predicted molar refractivity (Wildman–Crippen MR) is 73.2 cm³/mol. The number of hydrogen-bond acceptors (Lipinski definition) is 4. The zero-order valence-electron chi connectivity index (χ0n) is 10.7. The maximum absolute atomic E-state index is 10.8. The molecule has 2 rings (SSSR count). The lowest BCUT2D eigenvalue weighted by Gasteiger charge is -2.11. The zero-order chi connectivity index (χ0) is 13.7. The van der Waals surface area contributed by atoms with Crippen LogP contribution in [0.25, 0.3) is 0 Å². The summed E-state index contributed by atoms with van der Waals surface area (Å²) < 4.78 is 1.75. The molecule has 0 unspecified atom stereocenters.